The Morgan fingerprint density at radius 2 is 1.84 bits per heavy atom. The fourth-order valence-electron chi connectivity index (χ4n) is 3.39. The lowest BCUT2D eigenvalue weighted by Gasteiger charge is -2.18. The maximum absolute atomic E-state index is 13.0. The summed E-state index contributed by atoms with van der Waals surface area (Å²) in [6.45, 7) is 3.81. The van der Waals surface area contributed by atoms with Crippen molar-refractivity contribution in [1.82, 2.24) is 15.6 Å². The lowest BCUT2D eigenvalue weighted by atomic mass is 10.0. The lowest BCUT2D eigenvalue weighted by Crippen LogP contribution is -2.48. The first-order valence-corrected chi connectivity index (χ1v) is 10.4. The third-order valence-electron chi connectivity index (χ3n) is 5.22. The van der Waals surface area contributed by atoms with Gasteiger partial charge in [-0.05, 0) is 37.8 Å². The normalized spacial score (nSPS) is 14.0. The first-order chi connectivity index (χ1) is 14.9. The van der Waals surface area contributed by atoms with Crippen molar-refractivity contribution in [1.29, 1.82) is 0 Å². The van der Waals surface area contributed by atoms with E-state index >= 15 is 0 Å². The van der Waals surface area contributed by atoms with E-state index < -0.39 is 17.9 Å². The van der Waals surface area contributed by atoms with Crippen LogP contribution in [0.25, 0.3) is 0 Å². The van der Waals surface area contributed by atoms with Gasteiger partial charge in [0.15, 0.2) is 0 Å². The predicted molar refractivity (Wildman–Crippen MR) is 115 cm³/mol. The highest BCUT2D eigenvalue weighted by Crippen LogP contribution is 2.21. The number of carbonyl (C=O) groups is 3. The maximum Gasteiger partial charge on any atom is 0.340 e. The first kappa shape index (κ1) is 22.6. The zero-order valence-corrected chi connectivity index (χ0v) is 18.1. The summed E-state index contributed by atoms with van der Waals surface area (Å²) in [4.78, 5) is 41.2. The molecule has 3 rings (SSSR count). The molecule has 1 atom stereocenters. The summed E-state index contributed by atoms with van der Waals surface area (Å²) in [6.07, 6.45) is 2.29. The molecule has 166 valence electrons. The summed E-state index contributed by atoms with van der Waals surface area (Å²) < 4.78 is 10.1. The van der Waals surface area contributed by atoms with Crippen molar-refractivity contribution in [3.8, 4) is 0 Å². The van der Waals surface area contributed by atoms with Gasteiger partial charge in [-0.2, -0.15) is 0 Å². The SMILES string of the molecule is COCCOC(=O)c1c(C)[nH]c(C(=O)NC(Cc2ccccc2)C(=O)NC2CC2)c1C. The molecule has 1 aromatic carbocycles. The quantitative estimate of drug-likeness (QED) is 0.397. The van der Waals surface area contributed by atoms with E-state index in [4.69, 9.17) is 9.47 Å². The number of carbonyl (C=O) groups excluding carboxylic acids is 3. The number of H-pyrrole nitrogens is 1. The van der Waals surface area contributed by atoms with Gasteiger partial charge in [0.05, 0.1) is 12.2 Å². The van der Waals surface area contributed by atoms with Gasteiger partial charge in [-0.25, -0.2) is 4.79 Å². The van der Waals surface area contributed by atoms with Crippen molar-refractivity contribution in [2.24, 2.45) is 0 Å². The number of ether oxygens (including phenoxy) is 2. The second-order valence-electron chi connectivity index (χ2n) is 7.75. The average Bonchev–Trinajstić information content (AvgIpc) is 3.50. The molecular formula is C23H29N3O5. The number of hydrogen-bond donors (Lipinski definition) is 3. The number of nitrogens with one attached hydrogen (secondary N) is 3. The maximum atomic E-state index is 13.0. The first-order valence-electron chi connectivity index (χ1n) is 10.4. The van der Waals surface area contributed by atoms with E-state index in [9.17, 15) is 14.4 Å². The zero-order chi connectivity index (χ0) is 22.4. The topological polar surface area (TPSA) is 110 Å². The molecule has 0 saturated heterocycles. The number of aromatic nitrogens is 1. The van der Waals surface area contributed by atoms with Crippen LogP contribution in [-0.4, -0.2) is 55.2 Å². The molecule has 8 nitrogen and oxygen atoms in total. The Morgan fingerprint density at radius 1 is 1.13 bits per heavy atom. The van der Waals surface area contributed by atoms with Gasteiger partial charge in [0.1, 0.15) is 18.3 Å². The van der Waals surface area contributed by atoms with Gasteiger partial charge in [-0.15, -0.1) is 0 Å². The lowest BCUT2D eigenvalue weighted by molar-refractivity contribution is -0.123. The minimum absolute atomic E-state index is 0.126. The van der Waals surface area contributed by atoms with Crippen LogP contribution in [0.4, 0.5) is 0 Å². The van der Waals surface area contributed by atoms with E-state index in [1.54, 1.807) is 13.8 Å². The van der Waals surface area contributed by atoms with E-state index in [2.05, 4.69) is 15.6 Å². The van der Waals surface area contributed by atoms with Gasteiger partial charge in [0, 0.05) is 25.3 Å². The molecule has 3 N–H and O–H groups in total. The van der Waals surface area contributed by atoms with Gasteiger partial charge < -0.3 is 25.1 Å². The largest absolute Gasteiger partial charge is 0.460 e. The minimum Gasteiger partial charge on any atom is -0.460 e. The number of benzene rings is 1. The molecule has 2 aromatic rings. The number of esters is 1. The molecule has 1 aromatic heterocycles. The van der Waals surface area contributed by atoms with Gasteiger partial charge in [-0.1, -0.05) is 30.3 Å². The number of aryl methyl sites for hydroxylation is 1. The highest BCUT2D eigenvalue weighted by molar-refractivity contribution is 6.02. The summed E-state index contributed by atoms with van der Waals surface area (Å²) in [5.74, 6) is -1.17. The van der Waals surface area contributed by atoms with Gasteiger partial charge >= 0.3 is 5.97 Å². The van der Waals surface area contributed by atoms with Crippen molar-refractivity contribution >= 4 is 17.8 Å². The van der Waals surface area contributed by atoms with Crippen molar-refractivity contribution in [2.45, 2.75) is 45.2 Å². The van der Waals surface area contributed by atoms with Crippen LogP contribution in [0, 0.1) is 13.8 Å². The summed E-state index contributed by atoms with van der Waals surface area (Å²) >= 11 is 0. The molecule has 0 aliphatic heterocycles. The predicted octanol–water partition coefficient (Wildman–Crippen LogP) is 2.05. The molecule has 1 unspecified atom stereocenters. The standard InChI is InChI=1S/C23H29N3O5/c1-14-19(23(29)31-12-11-30-3)15(2)24-20(14)22(28)26-18(21(27)25-17-9-10-17)13-16-7-5-4-6-8-16/h4-8,17-18,24H,9-13H2,1-3H3,(H,25,27)(H,26,28). The summed E-state index contributed by atoms with van der Waals surface area (Å²) in [5, 5.41) is 5.79. The third kappa shape index (κ3) is 5.95. The van der Waals surface area contributed by atoms with Crippen LogP contribution < -0.4 is 10.6 Å². The molecule has 1 aliphatic rings. The summed E-state index contributed by atoms with van der Waals surface area (Å²) in [7, 11) is 1.52. The molecular weight excluding hydrogens is 398 g/mol. The van der Waals surface area contributed by atoms with Crippen LogP contribution in [0.1, 0.15) is 50.5 Å². The van der Waals surface area contributed by atoms with E-state index in [-0.39, 0.29) is 24.2 Å². The van der Waals surface area contributed by atoms with Crippen molar-refractivity contribution in [3.05, 3.63) is 58.4 Å². The van der Waals surface area contributed by atoms with Crippen LogP contribution in [-0.2, 0) is 20.7 Å². The number of aromatic amines is 1. The van der Waals surface area contributed by atoms with E-state index in [1.165, 1.54) is 7.11 Å². The molecule has 0 spiro atoms. The van der Waals surface area contributed by atoms with E-state index in [0.717, 1.165) is 18.4 Å². The Kier molecular flexibility index (Phi) is 7.46. The van der Waals surface area contributed by atoms with Crippen LogP contribution >= 0.6 is 0 Å². The Morgan fingerprint density at radius 3 is 2.48 bits per heavy atom. The zero-order valence-electron chi connectivity index (χ0n) is 18.1. The number of methoxy groups -OCH3 is 1. The highest BCUT2D eigenvalue weighted by Gasteiger charge is 2.30. The molecule has 1 saturated carbocycles. The van der Waals surface area contributed by atoms with Crippen molar-refractivity contribution in [3.63, 3.8) is 0 Å². The molecule has 1 fully saturated rings. The van der Waals surface area contributed by atoms with Crippen molar-refractivity contribution in [2.75, 3.05) is 20.3 Å². The molecule has 1 aliphatic carbocycles. The molecule has 0 radical (unpaired) electrons. The fraction of sp³-hybridized carbons (Fsp3) is 0.435. The van der Waals surface area contributed by atoms with Crippen LogP contribution in [0.5, 0.6) is 0 Å². The fourth-order valence-corrected chi connectivity index (χ4v) is 3.39. The summed E-state index contributed by atoms with van der Waals surface area (Å²) in [6, 6.07) is 8.99. The number of rotatable bonds is 10. The second kappa shape index (κ2) is 10.3. The molecule has 0 bridgehead atoms. The van der Waals surface area contributed by atoms with Gasteiger partial charge in [0.2, 0.25) is 5.91 Å². The third-order valence-corrected chi connectivity index (χ3v) is 5.22. The monoisotopic (exact) mass is 427 g/mol. The second-order valence-corrected chi connectivity index (χ2v) is 7.75. The average molecular weight is 428 g/mol. The summed E-state index contributed by atoms with van der Waals surface area (Å²) in [5.41, 5.74) is 2.53. The number of amides is 2. The Bertz CT molecular complexity index is 934. The smallest absolute Gasteiger partial charge is 0.340 e. The molecule has 1 heterocycles. The van der Waals surface area contributed by atoms with E-state index in [0.29, 0.717) is 29.8 Å². The molecule has 8 heteroatoms. The number of hydrogen-bond acceptors (Lipinski definition) is 5. The highest BCUT2D eigenvalue weighted by atomic mass is 16.6. The molecule has 2 amide bonds. The van der Waals surface area contributed by atoms with Crippen LogP contribution in [0.3, 0.4) is 0 Å². The van der Waals surface area contributed by atoms with Gasteiger partial charge in [-0.3, -0.25) is 9.59 Å². The Balaban J connectivity index is 1.75. The minimum atomic E-state index is -0.726. The van der Waals surface area contributed by atoms with Crippen LogP contribution in [0.15, 0.2) is 30.3 Å². The van der Waals surface area contributed by atoms with Crippen LogP contribution in [0.2, 0.25) is 0 Å². The van der Waals surface area contributed by atoms with Gasteiger partial charge in [0.25, 0.3) is 5.91 Å². The van der Waals surface area contributed by atoms with E-state index in [1.807, 2.05) is 30.3 Å². The Labute approximate surface area is 181 Å². The Hall–Kier alpha value is -3.13. The van der Waals surface area contributed by atoms with Crippen molar-refractivity contribution < 1.29 is 23.9 Å². The molecule has 31 heavy (non-hydrogen) atoms.